The molecular weight excluding hydrogens is 200 g/mol. The van der Waals surface area contributed by atoms with Crippen molar-refractivity contribution in [2.24, 2.45) is 5.92 Å². The molecule has 0 aromatic rings. The van der Waals surface area contributed by atoms with Crippen LogP contribution < -0.4 is 5.32 Å². The van der Waals surface area contributed by atoms with E-state index in [1.807, 2.05) is 0 Å². The van der Waals surface area contributed by atoms with Gasteiger partial charge in [-0.3, -0.25) is 4.90 Å². The largest absolute Gasteiger partial charge is 0.305 e. The third kappa shape index (κ3) is 2.94. The summed E-state index contributed by atoms with van der Waals surface area (Å²) in [5.74, 6) is 0.228. The minimum atomic E-state index is 0.228. The quantitative estimate of drug-likeness (QED) is 0.700. The van der Waals surface area contributed by atoms with Gasteiger partial charge in [0.1, 0.15) is 0 Å². The Morgan fingerprint density at radius 1 is 1.19 bits per heavy atom. The first-order valence-electron chi connectivity index (χ1n) is 6.35. The molecule has 2 rings (SSSR count). The number of rotatable bonds is 1. The molecule has 0 amide bonds. The van der Waals surface area contributed by atoms with Crippen molar-refractivity contribution in [1.29, 1.82) is 5.26 Å². The van der Waals surface area contributed by atoms with Crippen LogP contribution in [0.1, 0.15) is 19.3 Å². The lowest BCUT2D eigenvalue weighted by molar-refractivity contribution is 0.133. The van der Waals surface area contributed by atoms with E-state index in [2.05, 4.69) is 28.2 Å². The van der Waals surface area contributed by atoms with E-state index in [-0.39, 0.29) is 5.92 Å². The average Bonchev–Trinajstić information content (AvgIpc) is 2.54. The molecule has 2 aliphatic heterocycles. The van der Waals surface area contributed by atoms with Crippen LogP contribution in [0.5, 0.6) is 0 Å². The van der Waals surface area contributed by atoms with E-state index >= 15 is 0 Å². The van der Waals surface area contributed by atoms with E-state index in [9.17, 15) is 0 Å². The van der Waals surface area contributed by atoms with E-state index in [0.29, 0.717) is 6.17 Å². The van der Waals surface area contributed by atoms with Crippen LogP contribution in [0.15, 0.2) is 0 Å². The zero-order valence-corrected chi connectivity index (χ0v) is 10.2. The predicted octanol–water partition coefficient (Wildman–Crippen LogP) is 0.473. The number of piperidine rings is 1. The number of likely N-dealkylation sites (N-methyl/N-ethyl adjacent to an activating group) is 1. The van der Waals surface area contributed by atoms with Crippen molar-refractivity contribution in [3.05, 3.63) is 0 Å². The van der Waals surface area contributed by atoms with Crippen molar-refractivity contribution in [1.82, 2.24) is 15.1 Å². The Labute approximate surface area is 98.2 Å². The van der Waals surface area contributed by atoms with Crippen molar-refractivity contribution >= 4 is 0 Å². The zero-order chi connectivity index (χ0) is 11.4. The fraction of sp³-hybridized carbons (Fsp3) is 0.917. The van der Waals surface area contributed by atoms with Crippen molar-refractivity contribution in [3.8, 4) is 6.07 Å². The second kappa shape index (κ2) is 5.62. The van der Waals surface area contributed by atoms with Gasteiger partial charge in [0.15, 0.2) is 0 Å². The molecule has 0 aromatic carbocycles. The molecular formula is C12H22N4. The summed E-state index contributed by atoms with van der Waals surface area (Å²) < 4.78 is 0. The molecule has 0 bridgehead atoms. The molecule has 4 nitrogen and oxygen atoms in total. The standard InChI is InChI=1S/C12H22N4/c1-15-5-2-6-16(8-7-15)12-4-3-11(9-13)10-14-12/h11-12,14H,2-8,10H2,1H3. The van der Waals surface area contributed by atoms with Crippen LogP contribution in [0.25, 0.3) is 0 Å². The van der Waals surface area contributed by atoms with Gasteiger partial charge in [0.05, 0.1) is 18.2 Å². The number of nitriles is 1. The highest BCUT2D eigenvalue weighted by Crippen LogP contribution is 2.17. The molecule has 2 unspecified atom stereocenters. The number of nitrogens with zero attached hydrogens (tertiary/aromatic N) is 3. The van der Waals surface area contributed by atoms with Crippen LogP contribution >= 0.6 is 0 Å². The normalized spacial score (nSPS) is 34.2. The second-order valence-corrected chi connectivity index (χ2v) is 5.02. The third-order valence-electron chi connectivity index (χ3n) is 3.77. The lowest BCUT2D eigenvalue weighted by Gasteiger charge is -2.35. The first kappa shape index (κ1) is 11.8. The van der Waals surface area contributed by atoms with Crippen molar-refractivity contribution in [3.63, 3.8) is 0 Å². The van der Waals surface area contributed by atoms with E-state index in [1.165, 1.54) is 26.1 Å². The van der Waals surface area contributed by atoms with Crippen LogP contribution in [-0.2, 0) is 0 Å². The van der Waals surface area contributed by atoms with Gasteiger partial charge >= 0.3 is 0 Å². The zero-order valence-electron chi connectivity index (χ0n) is 10.2. The SMILES string of the molecule is CN1CCCN(C2CCC(C#N)CN2)CC1. The van der Waals surface area contributed by atoms with Crippen molar-refractivity contribution in [2.45, 2.75) is 25.4 Å². The summed E-state index contributed by atoms with van der Waals surface area (Å²) in [4.78, 5) is 4.96. The molecule has 0 spiro atoms. The van der Waals surface area contributed by atoms with Crippen LogP contribution in [-0.4, -0.2) is 55.7 Å². The molecule has 4 heteroatoms. The van der Waals surface area contributed by atoms with Gasteiger partial charge in [-0.2, -0.15) is 5.26 Å². The molecule has 90 valence electrons. The summed E-state index contributed by atoms with van der Waals surface area (Å²) in [5.41, 5.74) is 0. The van der Waals surface area contributed by atoms with Gasteiger partial charge < -0.3 is 10.2 Å². The highest BCUT2D eigenvalue weighted by Gasteiger charge is 2.25. The van der Waals surface area contributed by atoms with Crippen LogP contribution in [0, 0.1) is 17.2 Å². The first-order chi connectivity index (χ1) is 7.79. The molecule has 0 radical (unpaired) electrons. The van der Waals surface area contributed by atoms with E-state index in [0.717, 1.165) is 25.9 Å². The molecule has 2 aliphatic rings. The number of hydrogen-bond acceptors (Lipinski definition) is 4. The molecule has 2 atom stereocenters. The minimum Gasteiger partial charge on any atom is -0.305 e. The maximum atomic E-state index is 8.86. The van der Waals surface area contributed by atoms with Gasteiger partial charge in [-0.1, -0.05) is 0 Å². The Balaban J connectivity index is 1.82. The molecule has 16 heavy (non-hydrogen) atoms. The lowest BCUT2D eigenvalue weighted by Crippen LogP contribution is -2.51. The van der Waals surface area contributed by atoms with Crippen LogP contribution in [0.3, 0.4) is 0 Å². The Morgan fingerprint density at radius 2 is 2.06 bits per heavy atom. The van der Waals surface area contributed by atoms with Gasteiger partial charge in [-0.25, -0.2) is 0 Å². The molecule has 0 aromatic heterocycles. The van der Waals surface area contributed by atoms with Gasteiger partial charge in [-0.05, 0) is 32.9 Å². The van der Waals surface area contributed by atoms with Crippen LogP contribution in [0.4, 0.5) is 0 Å². The summed E-state index contributed by atoms with van der Waals surface area (Å²) in [6.45, 7) is 5.60. The average molecular weight is 222 g/mol. The Hall–Kier alpha value is -0.630. The minimum absolute atomic E-state index is 0.228. The van der Waals surface area contributed by atoms with Crippen molar-refractivity contribution < 1.29 is 0 Å². The summed E-state index contributed by atoms with van der Waals surface area (Å²) >= 11 is 0. The van der Waals surface area contributed by atoms with Crippen LogP contribution in [0.2, 0.25) is 0 Å². The Kier molecular flexibility index (Phi) is 4.16. The van der Waals surface area contributed by atoms with Gasteiger partial charge in [0.2, 0.25) is 0 Å². The second-order valence-electron chi connectivity index (χ2n) is 5.02. The lowest BCUT2D eigenvalue weighted by atomic mass is 9.99. The van der Waals surface area contributed by atoms with Gasteiger partial charge in [0.25, 0.3) is 0 Å². The maximum Gasteiger partial charge on any atom is 0.0669 e. The molecule has 2 fully saturated rings. The highest BCUT2D eigenvalue weighted by molar-refractivity contribution is 4.90. The monoisotopic (exact) mass is 222 g/mol. The van der Waals surface area contributed by atoms with Crippen molar-refractivity contribution in [2.75, 3.05) is 39.8 Å². The summed E-state index contributed by atoms with van der Waals surface area (Å²) in [6.07, 6.45) is 3.95. The summed E-state index contributed by atoms with van der Waals surface area (Å²) in [6, 6.07) is 2.36. The van der Waals surface area contributed by atoms with E-state index in [4.69, 9.17) is 5.26 Å². The Bertz CT molecular complexity index is 252. The third-order valence-corrected chi connectivity index (χ3v) is 3.77. The molecule has 1 N–H and O–H groups in total. The number of nitrogens with one attached hydrogen (secondary N) is 1. The summed E-state index contributed by atoms with van der Waals surface area (Å²) in [5, 5.41) is 12.4. The number of hydrogen-bond donors (Lipinski definition) is 1. The molecule has 2 saturated heterocycles. The molecule has 0 aliphatic carbocycles. The fourth-order valence-electron chi connectivity index (χ4n) is 2.64. The summed E-state index contributed by atoms with van der Waals surface area (Å²) in [7, 11) is 2.20. The van der Waals surface area contributed by atoms with E-state index < -0.39 is 0 Å². The predicted molar refractivity (Wildman–Crippen MR) is 63.8 cm³/mol. The maximum absolute atomic E-state index is 8.86. The highest BCUT2D eigenvalue weighted by atomic mass is 15.3. The first-order valence-corrected chi connectivity index (χ1v) is 6.35. The van der Waals surface area contributed by atoms with Gasteiger partial charge in [0, 0.05) is 26.2 Å². The van der Waals surface area contributed by atoms with Gasteiger partial charge in [-0.15, -0.1) is 0 Å². The van der Waals surface area contributed by atoms with E-state index in [1.54, 1.807) is 0 Å². The Morgan fingerprint density at radius 3 is 2.75 bits per heavy atom. The molecule has 2 heterocycles. The fourth-order valence-corrected chi connectivity index (χ4v) is 2.64. The smallest absolute Gasteiger partial charge is 0.0669 e. The topological polar surface area (TPSA) is 42.3 Å². The molecule has 0 saturated carbocycles.